The maximum Gasteiger partial charge on any atom is 0.337 e. The second-order valence-corrected chi connectivity index (χ2v) is 3.78. The minimum atomic E-state index is -0.567. The SMILES string of the molecule is COC(=O)C1OC(C)NC1c1ccccc1. The lowest BCUT2D eigenvalue weighted by molar-refractivity contribution is -0.153. The van der Waals surface area contributed by atoms with Gasteiger partial charge in [0.25, 0.3) is 0 Å². The first-order valence-electron chi connectivity index (χ1n) is 5.26. The summed E-state index contributed by atoms with van der Waals surface area (Å²) in [5.41, 5.74) is 1.03. The van der Waals surface area contributed by atoms with Crippen LogP contribution in [0.2, 0.25) is 0 Å². The number of rotatable bonds is 2. The molecule has 2 rings (SSSR count). The highest BCUT2D eigenvalue weighted by molar-refractivity contribution is 5.76. The third kappa shape index (κ3) is 2.08. The molecule has 0 saturated carbocycles. The van der Waals surface area contributed by atoms with E-state index in [0.717, 1.165) is 5.56 Å². The topological polar surface area (TPSA) is 47.6 Å². The van der Waals surface area contributed by atoms with Crippen molar-refractivity contribution in [2.45, 2.75) is 25.3 Å². The largest absolute Gasteiger partial charge is 0.467 e. The van der Waals surface area contributed by atoms with E-state index >= 15 is 0 Å². The molecule has 0 amide bonds. The molecule has 1 aromatic rings. The average molecular weight is 221 g/mol. The van der Waals surface area contributed by atoms with Gasteiger partial charge in [-0.1, -0.05) is 30.3 Å². The van der Waals surface area contributed by atoms with Crippen molar-refractivity contribution in [1.82, 2.24) is 5.32 Å². The number of carbonyl (C=O) groups excluding carboxylic acids is 1. The van der Waals surface area contributed by atoms with Crippen molar-refractivity contribution in [3.05, 3.63) is 35.9 Å². The van der Waals surface area contributed by atoms with Gasteiger partial charge in [0.1, 0.15) is 6.23 Å². The zero-order valence-corrected chi connectivity index (χ0v) is 9.34. The van der Waals surface area contributed by atoms with Crippen molar-refractivity contribution in [2.24, 2.45) is 0 Å². The second kappa shape index (κ2) is 4.63. The zero-order chi connectivity index (χ0) is 11.5. The molecular weight excluding hydrogens is 206 g/mol. The van der Waals surface area contributed by atoms with E-state index < -0.39 is 6.10 Å². The fourth-order valence-electron chi connectivity index (χ4n) is 1.92. The smallest absolute Gasteiger partial charge is 0.337 e. The molecule has 0 radical (unpaired) electrons. The number of hydrogen-bond acceptors (Lipinski definition) is 4. The van der Waals surface area contributed by atoms with Crippen molar-refractivity contribution in [2.75, 3.05) is 7.11 Å². The number of benzene rings is 1. The molecule has 3 unspecified atom stereocenters. The van der Waals surface area contributed by atoms with E-state index in [9.17, 15) is 4.79 Å². The van der Waals surface area contributed by atoms with Crippen molar-refractivity contribution in [1.29, 1.82) is 0 Å². The van der Waals surface area contributed by atoms with Crippen LogP contribution in [0.3, 0.4) is 0 Å². The maximum absolute atomic E-state index is 11.6. The summed E-state index contributed by atoms with van der Waals surface area (Å²) in [7, 11) is 1.37. The van der Waals surface area contributed by atoms with E-state index in [1.54, 1.807) is 0 Å². The van der Waals surface area contributed by atoms with Crippen LogP contribution in [0.5, 0.6) is 0 Å². The first-order valence-corrected chi connectivity index (χ1v) is 5.26. The van der Waals surface area contributed by atoms with Gasteiger partial charge in [-0.05, 0) is 12.5 Å². The number of hydrogen-bond donors (Lipinski definition) is 1. The lowest BCUT2D eigenvalue weighted by atomic mass is 10.0. The number of carbonyl (C=O) groups is 1. The van der Waals surface area contributed by atoms with Crippen LogP contribution in [-0.2, 0) is 14.3 Å². The molecule has 86 valence electrons. The number of nitrogens with one attached hydrogen (secondary N) is 1. The molecule has 4 heteroatoms. The normalized spacial score (nSPS) is 29.0. The Morgan fingerprint density at radius 1 is 1.38 bits per heavy atom. The molecule has 0 aliphatic carbocycles. The summed E-state index contributed by atoms with van der Waals surface area (Å²) in [6, 6.07) is 9.62. The maximum atomic E-state index is 11.6. The van der Waals surface area contributed by atoms with Gasteiger partial charge in [-0.2, -0.15) is 0 Å². The summed E-state index contributed by atoms with van der Waals surface area (Å²) in [4.78, 5) is 11.6. The summed E-state index contributed by atoms with van der Waals surface area (Å²) in [6.45, 7) is 1.87. The van der Waals surface area contributed by atoms with E-state index in [0.29, 0.717) is 0 Å². The van der Waals surface area contributed by atoms with Gasteiger partial charge in [-0.3, -0.25) is 5.32 Å². The number of esters is 1. The molecule has 3 atom stereocenters. The highest BCUT2D eigenvalue weighted by atomic mass is 16.6. The van der Waals surface area contributed by atoms with Gasteiger partial charge in [0, 0.05) is 0 Å². The van der Waals surface area contributed by atoms with Crippen LogP contribution in [0.4, 0.5) is 0 Å². The Bertz CT molecular complexity index is 366. The molecule has 0 bridgehead atoms. The molecule has 1 aromatic carbocycles. The van der Waals surface area contributed by atoms with Crippen LogP contribution < -0.4 is 5.32 Å². The Morgan fingerprint density at radius 3 is 2.69 bits per heavy atom. The van der Waals surface area contributed by atoms with Crippen molar-refractivity contribution >= 4 is 5.97 Å². The van der Waals surface area contributed by atoms with Crippen molar-refractivity contribution < 1.29 is 14.3 Å². The molecular formula is C12H15NO3. The van der Waals surface area contributed by atoms with E-state index in [1.807, 2.05) is 37.3 Å². The number of ether oxygens (including phenoxy) is 2. The van der Waals surface area contributed by atoms with Crippen molar-refractivity contribution in [3.8, 4) is 0 Å². The molecule has 4 nitrogen and oxygen atoms in total. The van der Waals surface area contributed by atoms with Gasteiger partial charge in [0.2, 0.25) is 0 Å². The fraction of sp³-hybridized carbons (Fsp3) is 0.417. The quantitative estimate of drug-likeness (QED) is 0.763. The molecule has 1 aliphatic heterocycles. The van der Waals surface area contributed by atoms with Crippen LogP contribution >= 0.6 is 0 Å². The molecule has 16 heavy (non-hydrogen) atoms. The molecule has 0 spiro atoms. The van der Waals surface area contributed by atoms with Gasteiger partial charge in [0.05, 0.1) is 13.2 Å². The van der Waals surface area contributed by atoms with Crippen molar-refractivity contribution in [3.63, 3.8) is 0 Å². The highest BCUT2D eigenvalue weighted by Crippen LogP contribution is 2.27. The Kier molecular flexibility index (Phi) is 3.22. The van der Waals surface area contributed by atoms with E-state index in [1.165, 1.54) is 7.11 Å². The Labute approximate surface area is 94.6 Å². The summed E-state index contributed by atoms with van der Waals surface area (Å²) in [6.07, 6.45) is -0.711. The Balaban J connectivity index is 2.22. The van der Waals surface area contributed by atoms with E-state index in [-0.39, 0.29) is 18.2 Å². The van der Waals surface area contributed by atoms with Crippen LogP contribution in [0.25, 0.3) is 0 Å². The lowest BCUT2D eigenvalue weighted by Gasteiger charge is -2.15. The molecule has 0 aromatic heterocycles. The first-order chi connectivity index (χ1) is 7.72. The molecule has 1 fully saturated rings. The standard InChI is InChI=1S/C12H15NO3/c1-8-13-10(9-6-4-3-5-7-9)11(16-8)12(14)15-2/h3-8,10-11,13H,1-2H3. The van der Waals surface area contributed by atoms with Crippen LogP contribution in [-0.4, -0.2) is 25.4 Å². The minimum Gasteiger partial charge on any atom is -0.467 e. The number of methoxy groups -OCH3 is 1. The molecule has 1 heterocycles. The third-order valence-electron chi connectivity index (χ3n) is 2.66. The second-order valence-electron chi connectivity index (χ2n) is 3.78. The van der Waals surface area contributed by atoms with Crippen LogP contribution in [0.1, 0.15) is 18.5 Å². The molecule has 1 N–H and O–H groups in total. The molecule has 1 saturated heterocycles. The average Bonchev–Trinajstić information content (AvgIpc) is 2.71. The molecule has 1 aliphatic rings. The van der Waals surface area contributed by atoms with Gasteiger partial charge < -0.3 is 9.47 Å². The monoisotopic (exact) mass is 221 g/mol. The van der Waals surface area contributed by atoms with Crippen LogP contribution in [0.15, 0.2) is 30.3 Å². The summed E-state index contributed by atoms with van der Waals surface area (Å²) >= 11 is 0. The predicted octanol–water partition coefficient (Wildman–Crippen LogP) is 1.24. The van der Waals surface area contributed by atoms with Gasteiger partial charge in [-0.25, -0.2) is 4.79 Å². The Hall–Kier alpha value is -1.39. The van der Waals surface area contributed by atoms with Gasteiger partial charge >= 0.3 is 5.97 Å². The van der Waals surface area contributed by atoms with E-state index in [2.05, 4.69) is 5.32 Å². The lowest BCUT2D eigenvalue weighted by Crippen LogP contribution is -2.30. The Morgan fingerprint density at radius 2 is 2.06 bits per heavy atom. The zero-order valence-electron chi connectivity index (χ0n) is 9.34. The van der Waals surface area contributed by atoms with E-state index in [4.69, 9.17) is 9.47 Å². The fourth-order valence-corrected chi connectivity index (χ4v) is 1.92. The van der Waals surface area contributed by atoms with Gasteiger partial charge in [0.15, 0.2) is 6.10 Å². The summed E-state index contributed by atoms with van der Waals surface area (Å²) in [5, 5.41) is 3.21. The summed E-state index contributed by atoms with van der Waals surface area (Å²) < 4.78 is 10.2. The first kappa shape index (κ1) is 11.1. The minimum absolute atomic E-state index is 0.136. The summed E-state index contributed by atoms with van der Waals surface area (Å²) in [5.74, 6) is -0.342. The third-order valence-corrected chi connectivity index (χ3v) is 2.66. The van der Waals surface area contributed by atoms with Crippen LogP contribution in [0, 0.1) is 0 Å². The predicted molar refractivity (Wildman–Crippen MR) is 58.7 cm³/mol. The highest BCUT2D eigenvalue weighted by Gasteiger charge is 2.39. The van der Waals surface area contributed by atoms with Gasteiger partial charge in [-0.15, -0.1) is 0 Å².